The van der Waals surface area contributed by atoms with Crippen molar-refractivity contribution in [3.63, 3.8) is 0 Å². The summed E-state index contributed by atoms with van der Waals surface area (Å²) in [5.74, 6) is 0.995. The minimum absolute atomic E-state index is 0.0747. The van der Waals surface area contributed by atoms with E-state index >= 15 is 0 Å². The molecule has 1 aliphatic rings. The highest BCUT2D eigenvalue weighted by molar-refractivity contribution is 6.20. The number of halogens is 1. The maximum atomic E-state index is 6.39. The lowest BCUT2D eigenvalue weighted by Gasteiger charge is -2.41. The fourth-order valence-electron chi connectivity index (χ4n) is 3.31. The first kappa shape index (κ1) is 13.9. The summed E-state index contributed by atoms with van der Waals surface area (Å²) in [4.78, 5) is 4.85. The van der Waals surface area contributed by atoms with E-state index in [2.05, 4.69) is 23.5 Å². The van der Waals surface area contributed by atoms with Gasteiger partial charge in [0.15, 0.2) is 5.65 Å². The molecule has 4 nitrogen and oxygen atoms in total. The second kappa shape index (κ2) is 4.76. The fourth-order valence-corrected chi connectivity index (χ4v) is 3.46. The zero-order chi connectivity index (χ0) is 14.5. The minimum Gasteiger partial charge on any atom is -0.306 e. The molecule has 0 amide bonds. The van der Waals surface area contributed by atoms with Gasteiger partial charge in [0, 0.05) is 12.6 Å². The molecule has 5 heteroatoms. The quantitative estimate of drug-likeness (QED) is 0.801. The highest BCUT2D eigenvalue weighted by atomic mass is 35.5. The van der Waals surface area contributed by atoms with Gasteiger partial charge in [-0.1, -0.05) is 13.3 Å². The summed E-state index contributed by atoms with van der Waals surface area (Å²) < 4.78 is 4.34. The summed E-state index contributed by atoms with van der Waals surface area (Å²) >= 11 is 6.39. The van der Waals surface area contributed by atoms with E-state index < -0.39 is 0 Å². The Bertz CT molecular complexity index is 634. The van der Waals surface area contributed by atoms with Crippen LogP contribution in [0.15, 0.2) is 0 Å². The van der Waals surface area contributed by atoms with E-state index in [1.54, 1.807) is 0 Å². The highest BCUT2D eigenvalue weighted by Gasteiger charge is 2.39. The van der Waals surface area contributed by atoms with Crippen molar-refractivity contribution in [2.45, 2.75) is 63.8 Å². The monoisotopic (exact) mass is 294 g/mol. The Morgan fingerprint density at radius 1 is 1.40 bits per heavy atom. The number of alkyl halides is 1. The van der Waals surface area contributed by atoms with Gasteiger partial charge < -0.3 is 4.57 Å². The molecule has 1 fully saturated rings. The van der Waals surface area contributed by atoms with Gasteiger partial charge in [0.05, 0.1) is 11.1 Å². The molecule has 0 saturated heterocycles. The van der Waals surface area contributed by atoms with Gasteiger partial charge in [-0.2, -0.15) is 5.10 Å². The normalized spacial score (nSPS) is 19.2. The molecule has 2 heterocycles. The van der Waals surface area contributed by atoms with Crippen LogP contribution in [0.1, 0.15) is 63.3 Å². The Morgan fingerprint density at radius 3 is 2.60 bits per heavy atom. The van der Waals surface area contributed by atoms with Gasteiger partial charge in [0.2, 0.25) is 0 Å². The first-order chi connectivity index (χ1) is 9.48. The lowest BCUT2D eigenvalue weighted by atomic mass is 9.78. The molecule has 1 atom stereocenters. The lowest BCUT2D eigenvalue weighted by Crippen LogP contribution is -2.39. The van der Waals surface area contributed by atoms with Crippen molar-refractivity contribution in [3.05, 3.63) is 11.5 Å². The predicted molar refractivity (Wildman–Crippen MR) is 82.3 cm³/mol. The second-order valence-corrected chi connectivity index (χ2v) is 6.92. The summed E-state index contributed by atoms with van der Waals surface area (Å²) in [6.07, 6.45) is 5.74. The first-order valence-corrected chi connectivity index (χ1v) is 8.00. The van der Waals surface area contributed by atoms with E-state index in [0.29, 0.717) is 0 Å². The number of hydrogen-bond acceptors (Lipinski definition) is 2. The first-order valence-electron chi connectivity index (χ1n) is 7.56. The maximum absolute atomic E-state index is 6.39. The fraction of sp³-hybridized carbons (Fsp3) is 0.733. The van der Waals surface area contributed by atoms with Crippen LogP contribution in [0.2, 0.25) is 0 Å². The zero-order valence-electron chi connectivity index (χ0n) is 12.8. The van der Waals surface area contributed by atoms with E-state index in [-0.39, 0.29) is 10.9 Å². The number of imidazole rings is 1. The Balaban J connectivity index is 2.26. The minimum atomic E-state index is -0.0747. The number of hydrogen-bond donors (Lipinski definition) is 0. The number of aryl methyl sites for hydroxylation is 2. The predicted octanol–water partition coefficient (Wildman–Crippen LogP) is 3.92. The smallest absolute Gasteiger partial charge is 0.159 e. The van der Waals surface area contributed by atoms with E-state index in [0.717, 1.165) is 35.5 Å². The van der Waals surface area contributed by atoms with E-state index in [1.165, 1.54) is 19.3 Å². The Morgan fingerprint density at radius 2 is 2.10 bits per heavy atom. The van der Waals surface area contributed by atoms with Crippen LogP contribution in [-0.4, -0.2) is 19.3 Å². The molecule has 0 spiro atoms. The molecule has 0 bridgehead atoms. The third-order valence-corrected chi connectivity index (χ3v) is 4.74. The van der Waals surface area contributed by atoms with Crippen LogP contribution in [0, 0.1) is 0 Å². The SMILES string of the molecule is CCCc1nn(C)c2c1nc(C(C)Cl)n2C1(C)CCC1. The van der Waals surface area contributed by atoms with Gasteiger partial charge in [-0.15, -0.1) is 11.6 Å². The lowest BCUT2D eigenvalue weighted by molar-refractivity contribution is 0.167. The van der Waals surface area contributed by atoms with Gasteiger partial charge in [0.25, 0.3) is 0 Å². The third kappa shape index (κ3) is 1.88. The van der Waals surface area contributed by atoms with Crippen LogP contribution in [0.5, 0.6) is 0 Å². The van der Waals surface area contributed by atoms with E-state index in [1.807, 2.05) is 18.7 Å². The highest BCUT2D eigenvalue weighted by Crippen LogP contribution is 2.43. The second-order valence-electron chi connectivity index (χ2n) is 6.26. The summed E-state index contributed by atoms with van der Waals surface area (Å²) in [6, 6.07) is 0. The molecule has 1 aliphatic carbocycles. The molecule has 2 aromatic heterocycles. The Labute approximate surface area is 125 Å². The number of nitrogens with zero attached hydrogens (tertiary/aromatic N) is 4. The average Bonchev–Trinajstić information content (AvgIpc) is 2.87. The van der Waals surface area contributed by atoms with Crippen molar-refractivity contribution in [2.24, 2.45) is 7.05 Å². The van der Waals surface area contributed by atoms with Crippen LogP contribution < -0.4 is 0 Å². The van der Waals surface area contributed by atoms with Crippen molar-refractivity contribution in [1.29, 1.82) is 0 Å². The van der Waals surface area contributed by atoms with Crippen LogP contribution in [0.25, 0.3) is 11.2 Å². The Hall–Kier alpha value is -1.03. The average molecular weight is 295 g/mol. The molecule has 20 heavy (non-hydrogen) atoms. The van der Waals surface area contributed by atoms with Crippen LogP contribution >= 0.6 is 11.6 Å². The summed E-state index contributed by atoms with van der Waals surface area (Å²) in [5.41, 5.74) is 3.44. The molecule has 3 rings (SSSR count). The van der Waals surface area contributed by atoms with Crippen molar-refractivity contribution < 1.29 is 0 Å². The van der Waals surface area contributed by atoms with Crippen LogP contribution in [0.3, 0.4) is 0 Å². The van der Waals surface area contributed by atoms with Gasteiger partial charge in [-0.25, -0.2) is 4.98 Å². The zero-order valence-corrected chi connectivity index (χ0v) is 13.5. The van der Waals surface area contributed by atoms with Gasteiger partial charge in [-0.05, 0) is 39.5 Å². The maximum Gasteiger partial charge on any atom is 0.159 e. The van der Waals surface area contributed by atoms with Crippen LogP contribution in [0.4, 0.5) is 0 Å². The molecule has 110 valence electrons. The van der Waals surface area contributed by atoms with E-state index in [4.69, 9.17) is 16.6 Å². The molecule has 0 aromatic carbocycles. The molecule has 0 N–H and O–H groups in total. The molecule has 1 saturated carbocycles. The molecule has 2 aromatic rings. The van der Waals surface area contributed by atoms with Gasteiger partial charge in [-0.3, -0.25) is 4.68 Å². The Kier molecular flexibility index (Phi) is 3.32. The topological polar surface area (TPSA) is 35.6 Å². The van der Waals surface area contributed by atoms with Crippen molar-refractivity contribution in [1.82, 2.24) is 19.3 Å². The van der Waals surface area contributed by atoms with E-state index in [9.17, 15) is 0 Å². The van der Waals surface area contributed by atoms with Crippen LogP contribution in [-0.2, 0) is 19.0 Å². The van der Waals surface area contributed by atoms with Crippen molar-refractivity contribution >= 4 is 22.8 Å². The number of fused-ring (bicyclic) bond motifs is 1. The standard InChI is InChI=1S/C15H23ClN4/c1-5-7-11-12-14(19(4)18-11)20(13(17-12)10(2)16)15(3)8-6-9-15/h10H,5-9H2,1-4H3. The number of aromatic nitrogens is 4. The third-order valence-electron chi connectivity index (χ3n) is 4.54. The summed E-state index contributed by atoms with van der Waals surface area (Å²) in [6.45, 7) is 6.50. The molecular formula is C15H23ClN4. The van der Waals surface area contributed by atoms with Gasteiger partial charge >= 0.3 is 0 Å². The summed E-state index contributed by atoms with van der Waals surface area (Å²) in [5, 5.41) is 4.59. The number of rotatable bonds is 4. The largest absolute Gasteiger partial charge is 0.306 e. The van der Waals surface area contributed by atoms with Gasteiger partial charge in [0.1, 0.15) is 11.3 Å². The van der Waals surface area contributed by atoms with Crippen molar-refractivity contribution in [2.75, 3.05) is 0 Å². The molecule has 0 radical (unpaired) electrons. The molecular weight excluding hydrogens is 272 g/mol. The summed E-state index contributed by atoms with van der Waals surface area (Å²) in [7, 11) is 2.02. The molecule has 1 unspecified atom stereocenters. The van der Waals surface area contributed by atoms with Crippen molar-refractivity contribution in [3.8, 4) is 0 Å². The molecule has 0 aliphatic heterocycles.